The number of methoxy groups -OCH3 is 1. The fourth-order valence-corrected chi connectivity index (χ4v) is 4.67. The lowest BCUT2D eigenvalue weighted by atomic mass is 9.84. The molecular weight excluding hydrogens is 396 g/mol. The number of carbonyl (C=O) groups excluding carboxylic acids is 3. The molecule has 2 aliphatic rings. The maximum atomic E-state index is 12.2. The molecule has 11 nitrogen and oxygen atoms in total. The fourth-order valence-electron chi connectivity index (χ4n) is 4.67. The number of imide groups is 1. The van der Waals surface area contributed by atoms with E-state index in [1.165, 1.54) is 19.3 Å². The highest BCUT2D eigenvalue weighted by molar-refractivity contribution is 5.94. The first-order chi connectivity index (χ1) is 14.2. The number of hydrogen-bond acceptors (Lipinski definition) is 7. The Morgan fingerprint density at radius 2 is 2.07 bits per heavy atom. The van der Waals surface area contributed by atoms with Crippen molar-refractivity contribution in [1.82, 2.24) is 15.2 Å². The number of ether oxygens (including phenoxy) is 1. The van der Waals surface area contributed by atoms with Gasteiger partial charge < -0.3 is 10.1 Å². The Hall–Kier alpha value is -3.24. The summed E-state index contributed by atoms with van der Waals surface area (Å²) in [5.74, 6) is -0.0396. The number of carbonyl (C=O) groups is 3. The molecule has 0 unspecified atom stereocenters. The molecule has 0 spiro atoms. The number of nitrogens with zero attached hydrogens (tertiary/aromatic N) is 2. The Labute approximate surface area is 171 Å². The molecule has 1 heterocycles. The third-order valence-electron chi connectivity index (χ3n) is 6.05. The second-order valence-corrected chi connectivity index (χ2v) is 7.94. The molecule has 4 atom stereocenters. The van der Waals surface area contributed by atoms with Crippen LogP contribution in [-0.2, 0) is 16.1 Å². The summed E-state index contributed by atoms with van der Waals surface area (Å²) >= 11 is 0. The quantitative estimate of drug-likeness (QED) is 0.399. The maximum absolute atomic E-state index is 12.2. The Balaban J connectivity index is 1.64. The van der Waals surface area contributed by atoms with Gasteiger partial charge in [-0.25, -0.2) is 9.59 Å². The van der Waals surface area contributed by atoms with Gasteiger partial charge in [-0.1, -0.05) is 6.42 Å². The number of aromatic nitrogens is 1. The summed E-state index contributed by atoms with van der Waals surface area (Å²) in [6, 6.07) is -0.00627. The fraction of sp³-hybridized carbons (Fsp3) is 0.579. The molecule has 1 aromatic heterocycles. The van der Waals surface area contributed by atoms with Gasteiger partial charge in [0, 0.05) is 18.3 Å². The number of pyridine rings is 1. The molecule has 0 radical (unpaired) electrons. The van der Waals surface area contributed by atoms with Crippen molar-refractivity contribution in [1.29, 1.82) is 0 Å². The van der Waals surface area contributed by atoms with E-state index in [0.717, 1.165) is 31.7 Å². The molecule has 2 N–H and O–H groups in total. The van der Waals surface area contributed by atoms with Crippen molar-refractivity contribution in [3.8, 4) is 0 Å². The van der Waals surface area contributed by atoms with Gasteiger partial charge in [-0.15, -0.1) is 0 Å². The lowest BCUT2D eigenvalue weighted by molar-refractivity contribution is -0.386. The van der Waals surface area contributed by atoms with Gasteiger partial charge in [0.25, 0.3) is 0 Å². The number of esters is 1. The molecule has 0 aromatic carbocycles. The number of urea groups is 1. The van der Waals surface area contributed by atoms with Crippen molar-refractivity contribution >= 4 is 23.6 Å². The standard InChI is InChI=1S/C19H24N4O7/c1-10(14-6-11-3-4-12(14)5-11)20-19(27)21-16(24)9-22-8-13(18(26)30-2)7-15(17(22)25)23(28)29/h7-8,10-12,14H,3-6,9H2,1-2H3,(H2,20,21,24,27)/t10-,11-,12-,14-/m0/s1. The van der Waals surface area contributed by atoms with Crippen LogP contribution in [0.4, 0.5) is 10.5 Å². The summed E-state index contributed by atoms with van der Waals surface area (Å²) in [5.41, 5.74) is -2.20. The number of nitro groups is 1. The van der Waals surface area contributed by atoms with Gasteiger partial charge in [-0.2, -0.15) is 0 Å². The third kappa shape index (κ3) is 4.50. The SMILES string of the molecule is COC(=O)c1cc([N+](=O)[O-])c(=O)n(CC(=O)NC(=O)N[C@@H](C)[C@@H]2C[C@H]3CC[C@H]2C3)c1. The molecule has 0 aliphatic heterocycles. The molecule has 2 saturated carbocycles. The Morgan fingerprint density at radius 3 is 2.63 bits per heavy atom. The van der Waals surface area contributed by atoms with Crippen molar-refractivity contribution < 1.29 is 24.0 Å². The van der Waals surface area contributed by atoms with E-state index in [1.54, 1.807) is 0 Å². The normalized spacial score (nSPS) is 22.9. The van der Waals surface area contributed by atoms with E-state index in [-0.39, 0.29) is 11.6 Å². The molecule has 1 aromatic rings. The van der Waals surface area contributed by atoms with Crippen LogP contribution in [0.3, 0.4) is 0 Å². The minimum absolute atomic E-state index is 0.0976. The number of fused-ring (bicyclic) bond motifs is 2. The van der Waals surface area contributed by atoms with Gasteiger partial charge in [-0.05, 0) is 43.9 Å². The zero-order chi connectivity index (χ0) is 22.0. The van der Waals surface area contributed by atoms with Crippen molar-refractivity contribution in [2.24, 2.45) is 17.8 Å². The largest absolute Gasteiger partial charge is 0.465 e. The molecule has 2 aliphatic carbocycles. The first kappa shape index (κ1) is 21.5. The van der Waals surface area contributed by atoms with E-state index in [9.17, 15) is 29.3 Å². The minimum Gasteiger partial charge on any atom is -0.465 e. The number of hydrogen-bond donors (Lipinski definition) is 2. The third-order valence-corrected chi connectivity index (χ3v) is 6.05. The highest BCUT2D eigenvalue weighted by atomic mass is 16.6. The summed E-state index contributed by atoms with van der Waals surface area (Å²) in [5, 5.41) is 16.0. The Kier molecular flexibility index (Phi) is 6.18. The molecule has 3 amide bonds. The summed E-state index contributed by atoms with van der Waals surface area (Å²) in [6.07, 6.45) is 5.65. The van der Waals surface area contributed by atoms with Crippen LogP contribution in [0, 0.1) is 27.9 Å². The second-order valence-electron chi connectivity index (χ2n) is 7.94. The molecule has 162 valence electrons. The summed E-state index contributed by atoms with van der Waals surface area (Å²) in [7, 11) is 1.08. The van der Waals surface area contributed by atoms with Crippen molar-refractivity contribution in [2.75, 3.05) is 7.11 Å². The average Bonchev–Trinajstić information content (AvgIpc) is 3.32. The van der Waals surface area contributed by atoms with Crippen LogP contribution in [0.2, 0.25) is 0 Å². The van der Waals surface area contributed by atoms with Gasteiger partial charge >= 0.3 is 23.2 Å². The van der Waals surface area contributed by atoms with Crippen LogP contribution in [0.5, 0.6) is 0 Å². The summed E-state index contributed by atoms with van der Waals surface area (Å²) in [4.78, 5) is 58.4. The smallest absolute Gasteiger partial charge is 0.339 e. The monoisotopic (exact) mass is 420 g/mol. The summed E-state index contributed by atoms with van der Waals surface area (Å²) < 4.78 is 5.21. The van der Waals surface area contributed by atoms with Crippen LogP contribution in [-0.4, -0.2) is 40.5 Å². The van der Waals surface area contributed by atoms with Crippen molar-refractivity contribution in [2.45, 2.75) is 45.2 Å². The van der Waals surface area contributed by atoms with Crippen LogP contribution in [0.1, 0.15) is 43.0 Å². The van der Waals surface area contributed by atoms with E-state index >= 15 is 0 Å². The topological polar surface area (TPSA) is 150 Å². The second kappa shape index (κ2) is 8.64. The van der Waals surface area contributed by atoms with Crippen LogP contribution in [0.15, 0.2) is 17.1 Å². The molecular formula is C19H24N4O7. The molecule has 2 bridgehead atoms. The van der Waals surface area contributed by atoms with E-state index in [0.29, 0.717) is 16.4 Å². The number of amides is 3. The van der Waals surface area contributed by atoms with E-state index in [4.69, 9.17) is 0 Å². The summed E-state index contributed by atoms with van der Waals surface area (Å²) in [6.45, 7) is 1.24. The van der Waals surface area contributed by atoms with Crippen LogP contribution in [0.25, 0.3) is 0 Å². The molecule has 3 rings (SSSR count). The Bertz CT molecular complexity index is 941. The number of rotatable bonds is 6. The highest BCUT2D eigenvalue weighted by Crippen LogP contribution is 2.49. The first-order valence-corrected chi connectivity index (χ1v) is 9.77. The average molecular weight is 420 g/mol. The van der Waals surface area contributed by atoms with Gasteiger partial charge in [0.05, 0.1) is 17.6 Å². The lowest BCUT2D eigenvalue weighted by Gasteiger charge is -2.28. The lowest BCUT2D eigenvalue weighted by Crippen LogP contribution is -2.48. The predicted octanol–water partition coefficient (Wildman–Crippen LogP) is 1.19. The van der Waals surface area contributed by atoms with Crippen molar-refractivity contribution in [3.05, 3.63) is 38.3 Å². The minimum atomic E-state index is -1.07. The highest BCUT2D eigenvalue weighted by Gasteiger charge is 2.42. The Morgan fingerprint density at radius 1 is 1.33 bits per heavy atom. The zero-order valence-electron chi connectivity index (χ0n) is 16.8. The molecule has 11 heteroatoms. The first-order valence-electron chi connectivity index (χ1n) is 9.77. The van der Waals surface area contributed by atoms with Crippen molar-refractivity contribution in [3.63, 3.8) is 0 Å². The van der Waals surface area contributed by atoms with Gasteiger partial charge in [0.15, 0.2) is 0 Å². The van der Waals surface area contributed by atoms with Gasteiger partial charge in [-0.3, -0.25) is 29.6 Å². The van der Waals surface area contributed by atoms with Gasteiger partial charge in [0.1, 0.15) is 6.54 Å². The van der Waals surface area contributed by atoms with Gasteiger partial charge in [0.2, 0.25) is 5.91 Å². The molecule has 2 fully saturated rings. The molecule has 30 heavy (non-hydrogen) atoms. The van der Waals surface area contributed by atoms with E-state index in [2.05, 4.69) is 15.4 Å². The van der Waals surface area contributed by atoms with Crippen LogP contribution >= 0.6 is 0 Å². The van der Waals surface area contributed by atoms with E-state index < -0.39 is 40.6 Å². The number of nitrogens with one attached hydrogen (secondary N) is 2. The zero-order valence-corrected chi connectivity index (χ0v) is 16.8. The maximum Gasteiger partial charge on any atom is 0.339 e. The van der Waals surface area contributed by atoms with Crippen LogP contribution < -0.4 is 16.2 Å². The predicted molar refractivity (Wildman–Crippen MR) is 104 cm³/mol. The molecule has 0 saturated heterocycles. The van der Waals surface area contributed by atoms with E-state index in [1.807, 2.05) is 6.92 Å².